The van der Waals surface area contributed by atoms with Crippen molar-refractivity contribution < 1.29 is 0 Å². The second-order valence-electron chi connectivity index (χ2n) is 6.77. The number of thioether (sulfide) groups is 1. The van der Waals surface area contributed by atoms with E-state index < -0.39 is 0 Å². The second kappa shape index (κ2) is 8.09. The van der Waals surface area contributed by atoms with E-state index in [1.165, 1.54) is 28.9 Å². The van der Waals surface area contributed by atoms with Crippen LogP contribution in [0.5, 0.6) is 0 Å². The van der Waals surface area contributed by atoms with Crippen LogP contribution < -0.4 is 5.32 Å². The maximum absolute atomic E-state index is 3.71. The molecule has 0 amide bonds. The maximum Gasteiger partial charge on any atom is 0.0198 e. The van der Waals surface area contributed by atoms with Crippen molar-refractivity contribution in [3.05, 3.63) is 34.9 Å². The van der Waals surface area contributed by atoms with E-state index in [0.717, 1.165) is 13.0 Å². The monoisotopic (exact) mass is 293 g/mol. The zero-order chi connectivity index (χ0) is 15.2. The lowest BCUT2D eigenvalue weighted by molar-refractivity contribution is 0.548. The number of rotatable bonds is 7. The Labute approximate surface area is 129 Å². The van der Waals surface area contributed by atoms with E-state index in [2.05, 4.69) is 76.8 Å². The Morgan fingerprint density at radius 1 is 1.10 bits per heavy atom. The van der Waals surface area contributed by atoms with Crippen LogP contribution in [0.1, 0.15) is 50.8 Å². The van der Waals surface area contributed by atoms with Gasteiger partial charge in [0.05, 0.1) is 0 Å². The van der Waals surface area contributed by atoms with E-state index in [-0.39, 0.29) is 0 Å². The van der Waals surface area contributed by atoms with Gasteiger partial charge in [0, 0.05) is 16.5 Å². The molecule has 0 aliphatic rings. The highest BCUT2D eigenvalue weighted by Gasteiger charge is 2.16. The summed E-state index contributed by atoms with van der Waals surface area (Å²) in [5.74, 6) is 1.18. The summed E-state index contributed by atoms with van der Waals surface area (Å²) in [6.45, 7) is 14.6. The molecular weight excluding hydrogens is 262 g/mol. The van der Waals surface area contributed by atoms with Gasteiger partial charge in [-0.25, -0.2) is 0 Å². The first kappa shape index (κ1) is 17.6. The standard InChI is InChI=1S/C18H31NS/c1-7-8-19-17(13-20-18(4,5)6)12-16-10-14(2)9-15(3)11-16/h9-11,17,19H,7-8,12-13H2,1-6H3. The Morgan fingerprint density at radius 2 is 1.70 bits per heavy atom. The molecule has 0 aliphatic carbocycles. The van der Waals surface area contributed by atoms with E-state index in [4.69, 9.17) is 0 Å². The molecule has 1 unspecified atom stereocenters. The van der Waals surface area contributed by atoms with Gasteiger partial charge in [0.2, 0.25) is 0 Å². The fraction of sp³-hybridized carbons (Fsp3) is 0.667. The highest BCUT2D eigenvalue weighted by atomic mass is 32.2. The minimum absolute atomic E-state index is 0.342. The average molecular weight is 294 g/mol. The molecule has 0 radical (unpaired) electrons. The van der Waals surface area contributed by atoms with Crippen LogP contribution >= 0.6 is 11.8 Å². The summed E-state index contributed by atoms with van der Waals surface area (Å²) in [6, 6.07) is 7.48. The number of hydrogen-bond donors (Lipinski definition) is 1. The summed E-state index contributed by atoms with van der Waals surface area (Å²) in [6.07, 6.45) is 2.33. The van der Waals surface area contributed by atoms with Crippen LogP contribution in [-0.4, -0.2) is 23.1 Å². The SMILES string of the molecule is CCCNC(CSC(C)(C)C)Cc1cc(C)cc(C)c1. The minimum atomic E-state index is 0.342. The Balaban J connectivity index is 2.67. The summed E-state index contributed by atoms with van der Waals surface area (Å²) >= 11 is 2.06. The normalized spacial score (nSPS) is 13.5. The first-order valence-corrected chi connectivity index (χ1v) is 8.73. The molecule has 1 atom stereocenters. The largest absolute Gasteiger partial charge is 0.313 e. The van der Waals surface area contributed by atoms with Crippen LogP contribution in [0.3, 0.4) is 0 Å². The third kappa shape index (κ3) is 7.35. The van der Waals surface area contributed by atoms with E-state index in [1.54, 1.807) is 0 Å². The van der Waals surface area contributed by atoms with E-state index >= 15 is 0 Å². The zero-order valence-electron chi connectivity index (χ0n) is 14.0. The van der Waals surface area contributed by atoms with Crippen molar-refractivity contribution in [2.24, 2.45) is 0 Å². The molecule has 0 saturated carbocycles. The molecule has 1 N–H and O–H groups in total. The second-order valence-corrected chi connectivity index (χ2v) is 8.62. The van der Waals surface area contributed by atoms with Crippen molar-refractivity contribution in [3.63, 3.8) is 0 Å². The van der Waals surface area contributed by atoms with Crippen LogP contribution in [0.25, 0.3) is 0 Å². The summed E-state index contributed by atoms with van der Waals surface area (Å²) in [5.41, 5.74) is 4.21. The molecule has 20 heavy (non-hydrogen) atoms. The third-order valence-electron chi connectivity index (χ3n) is 3.16. The molecule has 0 saturated heterocycles. The van der Waals surface area contributed by atoms with Crippen molar-refractivity contribution in [2.75, 3.05) is 12.3 Å². The Kier molecular flexibility index (Phi) is 7.11. The van der Waals surface area contributed by atoms with Gasteiger partial charge in [-0.15, -0.1) is 0 Å². The third-order valence-corrected chi connectivity index (χ3v) is 4.60. The van der Waals surface area contributed by atoms with Crippen molar-refractivity contribution >= 4 is 11.8 Å². The maximum atomic E-state index is 3.71. The van der Waals surface area contributed by atoms with Gasteiger partial charge >= 0.3 is 0 Å². The lowest BCUT2D eigenvalue weighted by atomic mass is 10.0. The Morgan fingerprint density at radius 3 is 2.20 bits per heavy atom. The van der Waals surface area contributed by atoms with Crippen molar-refractivity contribution in [1.82, 2.24) is 5.32 Å². The van der Waals surface area contributed by atoms with Gasteiger partial charge < -0.3 is 5.32 Å². The van der Waals surface area contributed by atoms with Crippen LogP contribution in [0, 0.1) is 13.8 Å². The summed E-state index contributed by atoms with van der Waals surface area (Å²) in [4.78, 5) is 0. The van der Waals surface area contributed by atoms with Gasteiger partial charge in [-0.05, 0) is 38.8 Å². The van der Waals surface area contributed by atoms with Gasteiger partial charge in [0.15, 0.2) is 0 Å². The molecule has 1 aromatic carbocycles. The quantitative estimate of drug-likeness (QED) is 0.779. The Bertz CT molecular complexity index is 386. The summed E-state index contributed by atoms with van der Waals surface area (Å²) in [5, 5.41) is 3.71. The molecular formula is C18H31NS. The molecule has 1 rings (SSSR count). The molecule has 0 aromatic heterocycles. The summed E-state index contributed by atoms with van der Waals surface area (Å²) < 4.78 is 0.342. The van der Waals surface area contributed by atoms with Gasteiger partial charge in [-0.2, -0.15) is 11.8 Å². The topological polar surface area (TPSA) is 12.0 Å². The molecule has 0 fully saturated rings. The lowest BCUT2D eigenvalue weighted by Gasteiger charge is -2.24. The molecule has 2 heteroatoms. The van der Waals surface area contributed by atoms with Gasteiger partial charge in [0.25, 0.3) is 0 Å². The summed E-state index contributed by atoms with van der Waals surface area (Å²) in [7, 11) is 0. The smallest absolute Gasteiger partial charge is 0.0198 e. The zero-order valence-corrected chi connectivity index (χ0v) is 14.9. The predicted octanol–water partition coefficient (Wildman–Crippen LogP) is 4.75. The van der Waals surface area contributed by atoms with Crippen LogP contribution in [0.15, 0.2) is 18.2 Å². The van der Waals surface area contributed by atoms with E-state index in [0.29, 0.717) is 10.8 Å². The molecule has 0 spiro atoms. The molecule has 114 valence electrons. The van der Waals surface area contributed by atoms with Crippen molar-refractivity contribution in [3.8, 4) is 0 Å². The van der Waals surface area contributed by atoms with Gasteiger partial charge in [-0.3, -0.25) is 0 Å². The molecule has 1 nitrogen and oxygen atoms in total. The van der Waals surface area contributed by atoms with Gasteiger partial charge in [-0.1, -0.05) is 57.0 Å². The molecule has 0 aliphatic heterocycles. The fourth-order valence-electron chi connectivity index (χ4n) is 2.36. The van der Waals surface area contributed by atoms with Crippen LogP contribution in [0.2, 0.25) is 0 Å². The van der Waals surface area contributed by atoms with Gasteiger partial charge in [0.1, 0.15) is 0 Å². The number of hydrogen-bond acceptors (Lipinski definition) is 2. The Hall–Kier alpha value is -0.470. The number of benzene rings is 1. The molecule has 1 aromatic rings. The first-order chi connectivity index (χ1) is 9.30. The first-order valence-electron chi connectivity index (χ1n) is 7.74. The number of nitrogens with one attached hydrogen (secondary N) is 1. The molecule has 0 bridgehead atoms. The highest BCUT2D eigenvalue weighted by Crippen LogP contribution is 2.24. The molecule has 0 heterocycles. The van der Waals surface area contributed by atoms with Crippen LogP contribution in [-0.2, 0) is 6.42 Å². The lowest BCUT2D eigenvalue weighted by Crippen LogP contribution is -2.35. The van der Waals surface area contributed by atoms with Crippen molar-refractivity contribution in [2.45, 2.75) is 65.2 Å². The highest BCUT2D eigenvalue weighted by molar-refractivity contribution is 8.00. The predicted molar refractivity (Wildman–Crippen MR) is 93.9 cm³/mol. The number of aryl methyl sites for hydroxylation is 2. The minimum Gasteiger partial charge on any atom is -0.313 e. The van der Waals surface area contributed by atoms with Crippen molar-refractivity contribution in [1.29, 1.82) is 0 Å². The van der Waals surface area contributed by atoms with E-state index in [1.807, 2.05) is 0 Å². The van der Waals surface area contributed by atoms with E-state index in [9.17, 15) is 0 Å². The van der Waals surface area contributed by atoms with Crippen LogP contribution in [0.4, 0.5) is 0 Å². The average Bonchev–Trinajstić information content (AvgIpc) is 2.30. The fourth-order valence-corrected chi connectivity index (χ4v) is 3.30.